The van der Waals surface area contributed by atoms with Gasteiger partial charge in [0.25, 0.3) is 5.91 Å². The summed E-state index contributed by atoms with van der Waals surface area (Å²) in [6, 6.07) is 15.6. The molecule has 0 aliphatic carbocycles. The third-order valence-corrected chi connectivity index (χ3v) is 5.47. The van der Waals surface area contributed by atoms with Gasteiger partial charge >= 0.3 is 0 Å². The highest BCUT2D eigenvalue weighted by atomic mass is 32.2. The second kappa shape index (κ2) is 9.33. The molecule has 2 aromatic rings. The van der Waals surface area contributed by atoms with Gasteiger partial charge in [0.05, 0.1) is 17.5 Å². The maximum absolute atomic E-state index is 12.4. The summed E-state index contributed by atoms with van der Waals surface area (Å²) in [6.07, 6.45) is 5.07. The maximum Gasteiger partial charge on any atom is 0.251 e. The van der Waals surface area contributed by atoms with E-state index < -0.39 is 10.0 Å². The van der Waals surface area contributed by atoms with E-state index in [2.05, 4.69) is 16.0 Å². The van der Waals surface area contributed by atoms with E-state index in [1.54, 1.807) is 0 Å². The minimum Gasteiger partial charge on any atom is -0.350 e. The van der Waals surface area contributed by atoms with Crippen molar-refractivity contribution in [2.24, 2.45) is 0 Å². The molecule has 2 aromatic carbocycles. The highest BCUT2D eigenvalue weighted by molar-refractivity contribution is 7.89. The zero-order chi connectivity index (χ0) is 19.9. The molecule has 142 valence electrons. The van der Waals surface area contributed by atoms with E-state index in [9.17, 15) is 13.2 Å². The molecule has 0 saturated heterocycles. The molecule has 2 rings (SSSR count). The normalized spacial score (nSPS) is 12.4. The molecular formula is C20H23N3O3S. The number of likely N-dealkylation sites (N-methyl/N-ethyl adjacent to an activating group) is 1. The van der Waals surface area contributed by atoms with Gasteiger partial charge in [-0.3, -0.25) is 4.79 Å². The lowest BCUT2D eigenvalue weighted by atomic mass is 10.1. The molecule has 0 bridgehead atoms. The molecule has 1 unspecified atom stereocenters. The topological polar surface area (TPSA) is 78.5 Å². The zero-order valence-electron chi connectivity index (χ0n) is 15.3. The van der Waals surface area contributed by atoms with Gasteiger partial charge in [-0.2, -0.15) is 4.72 Å². The van der Waals surface area contributed by atoms with Crippen molar-refractivity contribution in [3.8, 4) is 12.3 Å². The quantitative estimate of drug-likeness (QED) is 0.677. The number of rotatable bonds is 8. The van der Waals surface area contributed by atoms with Crippen molar-refractivity contribution >= 4 is 15.9 Å². The molecule has 27 heavy (non-hydrogen) atoms. The van der Waals surface area contributed by atoms with Crippen molar-refractivity contribution in [1.82, 2.24) is 14.9 Å². The van der Waals surface area contributed by atoms with Crippen LogP contribution in [-0.4, -0.2) is 46.4 Å². The van der Waals surface area contributed by atoms with Crippen LogP contribution in [0, 0.1) is 12.3 Å². The Morgan fingerprint density at radius 2 is 1.74 bits per heavy atom. The lowest BCUT2D eigenvalue weighted by Gasteiger charge is -2.25. The molecular weight excluding hydrogens is 362 g/mol. The number of amides is 1. The molecule has 7 heteroatoms. The summed E-state index contributed by atoms with van der Waals surface area (Å²) in [6.45, 7) is 0.343. The number of carbonyl (C=O) groups excluding carboxylic acids is 1. The number of hydrogen-bond donors (Lipinski definition) is 2. The second-order valence-corrected chi connectivity index (χ2v) is 7.92. The van der Waals surface area contributed by atoms with E-state index in [0.717, 1.165) is 5.56 Å². The summed E-state index contributed by atoms with van der Waals surface area (Å²) >= 11 is 0. The lowest BCUT2D eigenvalue weighted by Crippen LogP contribution is -2.34. The van der Waals surface area contributed by atoms with Crippen molar-refractivity contribution in [3.05, 3.63) is 65.7 Å². The average molecular weight is 385 g/mol. The van der Waals surface area contributed by atoms with Gasteiger partial charge < -0.3 is 10.2 Å². The first-order valence-corrected chi connectivity index (χ1v) is 9.86. The van der Waals surface area contributed by atoms with E-state index in [1.807, 2.05) is 49.3 Å². The van der Waals surface area contributed by atoms with Crippen LogP contribution in [-0.2, 0) is 10.0 Å². The predicted molar refractivity (Wildman–Crippen MR) is 106 cm³/mol. The van der Waals surface area contributed by atoms with E-state index in [-0.39, 0.29) is 23.4 Å². The number of terminal acetylenes is 1. The SMILES string of the molecule is C#CCNS(=O)(=O)c1ccc(C(=O)NCC(c2ccccc2)N(C)C)cc1. The molecule has 0 spiro atoms. The van der Waals surface area contributed by atoms with Crippen molar-refractivity contribution in [1.29, 1.82) is 0 Å². The highest BCUT2D eigenvalue weighted by Gasteiger charge is 2.17. The molecule has 0 aromatic heterocycles. The Balaban J connectivity index is 2.04. The Kier molecular flexibility index (Phi) is 7.13. The third kappa shape index (κ3) is 5.66. The number of benzene rings is 2. The molecule has 1 atom stereocenters. The van der Waals surface area contributed by atoms with Crippen LogP contribution >= 0.6 is 0 Å². The smallest absolute Gasteiger partial charge is 0.251 e. The van der Waals surface area contributed by atoms with Crippen LogP contribution in [0.5, 0.6) is 0 Å². The van der Waals surface area contributed by atoms with Crippen molar-refractivity contribution in [2.45, 2.75) is 10.9 Å². The van der Waals surface area contributed by atoms with Crippen molar-refractivity contribution in [2.75, 3.05) is 27.2 Å². The largest absolute Gasteiger partial charge is 0.350 e. The minimum absolute atomic E-state index is 0.0303. The van der Waals surface area contributed by atoms with Crippen molar-refractivity contribution in [3.63, 3.8) is 0 Å². The number of nitrogens with one attached hydrogen (secondary N) is 2. The Labute approximate surface area is 160 Å². The monoisotopic (exact) mass is 385 g/mol. The van der Waals surface area contributed by atoms with Gasteiger partial charge in [0.15, 0.2) is 0 Å². The van der Waals surface area contributed by atoms with Crippen LogP contribution in [0.3, 0.4) is 0 Å². The molecule has 2 N–H and O–H groups in total. The van der Waals surface area contributed by atoms with Crippen LogP contribution in [0.25, 0.3) is 0 Å². The highest BCUT2D eigenvalue weighted by Crippen LogP contribution is 2.17. The third-order valence-electron chi connectivity index (χ3n) is 4.05. The number of carbonyl (C=O) groups is 1. The summed E-state index contributed by atoms with van der Waals surface area (Å²) in [5.41, 5.74) is 1.49. The molecule has 6 nitrogen and oxygen atoms in total. The fourth-order valence-electron chi connectivity index (χ4n) is 2.57. The van der Waals surface area contributed by atoms with Gasteiger partial charge in [0.2, 0.25) is 10.0 Å². The van der Waals surface area contributed by atoms with Gasteiger partial charge in [-0.1, -0.05) is 36.3 Å². The zero-order valence-corrected chi connectivity index (χ0v) is 16.2. The summed E-state index contributed by atoms with van der Waals surface area (Å²) < 4.78 is 26.3. The molecule has 0 saturated carbocycles. The van der Waals surface area contributed by atoms with Crippen molar-refractivity contribution < 1.29 is 13.2 Å². The van der Waals surface area contributed by atoms with E-state index >= 15 is 0 Å². The maximum atomic E-state index is 12.4. The van der Waals surface area contributed by atoms with Crippen LogP contribution in [0.15, 0.2) is 59.5 Å². The molecule has 0 radical (unpaired) electrons. The first-order chi connectivity index (χ1) is 12.8. The molecule has 0 aliphatic rings. The Hall–Kier alpha value is -2.66. The Morgan fingerprint density at radius 1 is 1.11 bits per heavy atom. The average Bonchev–Trinajstić information content (AvgIpc) is 2.67. The number of hydrogen-bond acceptors (Lipinski definition) is 4. The summed E-state index contributed by atoms with van der Waals surface area (Å²) in [5.74, 6) is 1.95. The lowest BCUT2D eigenvalue weighted by molar-refractivity contribution is 0.0942. The number of sulfonamides is 1. The second-order valence-electron chi connectivity index (χ2n) is 6.15. The Bertz CT molecular complexity index is 902. The fraction of sp³-hybridized carbons (Fsp3) is 0.250. The molecule has 0 fully saturated rings. The fourth-order valence-corrected chi connectivity index (χ4v) is 3.51. The molecule has 1 amide bonds. The first kappa shape index (κ1) is 20.6. The van der Waals surface area contributed by atoms with Gasteiger partial charge in [-0.15, -0.1) is 6.42 Å². The molecule has 0 heterocycles. The van der Waals surface area contributed by atoms with E-state index in [0.29, 0.717) is 12.1 Å². The van der Waals surface area contributed by atoms with Gasteiger partial charge in [0.1, 0.15) is 0 Å². The van der Waals surface area contributed by atoms with Gasteiger partial charge in [-0.05, 0) is 43.9 Å². The Morgan fingerprint density at radius 3 is 2.30 bits per heavy atom. The van der Waals surface area contributed by atoms with E-state index in [1.165, 1.54) is 24.3 Å². The summed E-state index contributed by atoms with van der Waals surface area (Å²) in [7, 11) is 0.233. The predicted octanol–water partition coefficient (Wildman–Crippen LogP) is 1.63. The summed E-state index contributed by atoms with van der Waals surface area (Å²) in [4.78, 5) is 14.5. The first-order valence-electron chi connectivity index (χ1n) is 8.38. The minimum atomic E-state index is -3.67. The van der Waals surface area contributed by atoms with Crippen LogP contribution in [0.4, 0.5) is 0 Å². The summed E-state index contributed by atoms with van der Waals surface area (Å²) in [5, 5.41) is 2.90. The van der Waals surface area contributed by atoms with Gasteiger partial charge in [0, 0.05) is 12.1 Å². The van der Waals surface area contributed by atoms with Gasteiger partial charge in [-0.25, -0.2) is 8.42 Å². The van der Waals surface area contributed by atoms with E-state index in [4.69, 9.17) is 6.42 Å². The standard InChI is InChI=1S/C20H23N3O3S/c1-4-14-22-27(25,26)18-12-10-17(11-13-18)20(24)21-15-19(23(2)3)16-8-6-5-7-9-16/h1,5-13,19,22H,14-15H2,2-3H3,(H,21,24). The van der Waals surface area contributed by atoms with Crippen LogP contribution in [0.2, 0.25) is 0 Å². The van der Waals surface area contributed by atoms with Crippen LogP contribution in [0.1, 0.15) is 22.0 Å². The number of nitrogens with zero attached hydrogens (tertiary/aromatic N) is 1. The molecule has 0 aliphatic heterocycles. The van der Waals surface area contributed by atoms with Crippen LogP contribution < -0.4 is 10.0 Å².